The van der Waals surface area contributed by atoms with Crippen molar-refractivity contribution in [1.29, 1.82) is 0 Å². The summed E-state index contributed by atoms with van der Waals surface area (Å²) in [6.45, 7) is 0. The van der Waals surface area contributed by atoms with Gasteiger partial charge in [0.05, 0.1) is 18.9 Å². The lowest BCUT2D eigenvalue weighted by Crippen LogP contribution is -2.05. The number of aromatic carboxylic acids is 1. The highest BCUT2D eigenvalue weighted by molar-refractivity contribution is 5.94. The van der Waals surface area contributed by atoms with E-state index < -0.39 is 11.9 Å². The third kappa shape index (κ3) is 1.48. The number of hydrogen-bond donors (Lipinski definition) is 1. The minimum Gasteiger partial charge on any atom is -0.477 e. The van der Waals surface area contributed by atoms with Crippen molar-refractivity contribution in [3.05, 3.63) is 29.7 Å². The molecule has 0 fully saturated rings. The van der Waals surface area contributed by atoms with Crippen molar-refractivity contribution >= 4 is 17.6 Å². The van der Waals surface area contributed by atoms with E-state index in [0.717, 1.165) is 0 Å². The highest BCUT2D eigenvalue weighted by Crippen LogP contribution is 2.09. The summed E-state index contributed by atoms with van der Waals surface area (Å²) < 4.78 is 5.72. The van der Waals surface area contributed by atoms with Crippen LogP contribution in [0.25, 0.3) is 5.65 Å². The van der Waals surface area contributed by atoms with E-state index in [1.807, 2.05) is 0 Å². The molecule has 0 aliphatic carbocycles. The van der Waals surface area contributed by atoms with Gasteiger partial charge in [-0.1, -0.05) is 0 Å². The lowest BCUT2D eigenvalue weighted by atomic mass is 10.3. The molecule has 82 valence electrons. The highest BCUT2D eigenvalue weighted by atomic mass is 16.5. The second-order valence-electron chi connectivity index (χ2n) is 2.97. The van der Waals surface area contributed by atoms with Crippen LogP contribution in [0.15, 0.2) is 18.6 Å². The molecular weight excluding hydrogens is 214 g/mol. The zero-order valence-electron chi connectivity index (χ0n) is 8.25. The Bertz CT molecular complexity index is 575. The molecule has 0 radical (unpaired) electrons. The number of carboxylic acids is 1. The molecule has 0 unspecified atom stereocenters. The summed E-state index contributed by atoms with van der Waals surface area (Å²) in [5.41, 5.74) is 0.367. The lowest BCUT2D eigenvalue weighted by molar-refractivity contribution is 0.0599. The fourth-order valence-corrected chi connectivity index (χ4v) is 1.25. The van der Waals surface area contributed by atoms with Crippen molar-refractivity contribution < 1.29 is 19.4 Å². The first-order chi connectivity index (χ1) is 7.63. The minimum atomic E-state index is -1.12. The molecule has 0 bridgehead atoms. The summed E-state index contributed by atoms with van der Waals surface area (Å²) in [6.07, 6.45) is 3.78. The minimum absolute atomic E-state index is 0.0172. The van der Waals surface area contributed by atoms with Gasteiger partial charge in [0.15, 0.2) is 5.65 Å². The Morgan fingerprint density at radius 3 is 2.81 bits per heavy atom. The second kappa shape index (κ2) is 3.61. The first-order valence-corrected chi connectivity index (χ1v) is 4.28. The number of nitrogens with zero attached hydrogens (tertiary/aromatic N) is 3. The number of ether oxygens (including phenoxy) is 1. The van der Waals surface area contributed by atoms with Gasteiger partial charge in [0, 0.05) is 12.4 Å². The van der Waals surface area contributed by atoms with Crippen LogP contribution in [0.2, 0.25) is 0 Å². The molecule has 0 aromatic carbocycles. The van der Waals surface area contributed by atoms with Crippen LogP contribution in [0.4, 0.5) is 0 Å². The fraction of sp³-hybridized carbons (Fsp3) is 0.111. The molecule has 16 heavy (non-hydrogen) atoms. The van der Waals surface area contributed by atoms with Gasteiger partial charge in [-0.3, -0.25) is 0 Å². The molecule has 0 atom stereocenters. The molecule has 7 nitrogen and oxygen atoms in total. The number of carbonyl (C=O) groups excluding carboxylic acids is 1. The molecular formula is C9H7N3O4. The van der Waals surface area contributed by atoms with Crippen LogP contribution >= 0.6 is 0 Å². The number of rotatable bonds is 2. The third-order valence-corrected chi connectivity index (χ3v) is 2.01. The number of aromatic nitrogens is 3. The average molecular weight is 221 g/mol. The van der Waals surface area contributed by atoms with Crippen molar-refractivity contribution in [2.24, 2.45) is 0 Å². The predicted molar refractivity (Wildman–Crippen MR) is 51.3 cm³/mol. The van der Waals surface area contributed by atoms with E-state index in [1.54, 1.807) is 0 Å². The number of methoxy groups -OCH3 is 1. The molecule has 2 heterocycles. The van der Waals surface area contributed by atoms with Gasteiger partial charge in [-0.2, -0.15) is 5.10 Å². The summed E-state index contributed by atoms with van der Waals surface area (Å²) in [5, 5.41) is 12.6. The Morgan fingerprint density at radius 1 is 1.44 bits per heavy atom. The molecule has 2 aromatic rings. The summed E-state index contributed by atoms with van der Waals surface area (Å²) in [6, 6.07) is 0. The number of esters is 1. The van der Waals surface area contributed by atoms with Crippen molar-refractivity contribution in [1.82, 2.24) is 14.6 Å². The first-order valence-electron chi connectivity index (χ1n) is 4.28. The van der Waals surface area contributed by atoms with Crippen LogP contribution < -0.4 is 0 Å². The Morgan fingerprint density at radius 2 is 2.19 bits per heavy atom. The van der Waals surface area contributed by atoms with Crippen LogP contribution in [-0.2, 0) is 4.74 Å². The van der Waals surface area contributed by atoms with Gasteiger partial charge >= 0.3 is 11.9 Å². The maximum atomic E-state index is 11.2. The van der Waals surface area contributed by atoms with Crippen molar-refractivity contribution in [2.45, 2.75) is 0 Å². The maximum Gasteiger partial charge on any atom is 0.341 e. The molecule has 0 saturated carbocycles. The van der Waals surface area contributed by atoms with E-state index in [-0.39, 0.29) is 16.8 Å². The smallest absolute Gasteiger partial charge is 0.341 e. The zero-order chi connectivity index (χ0) is 11.7. The number of hydrogen-bond acceptors (Lipinski definition) is 5. The van der Waals surface area contributed by atoms with E-state index >= 15 is 0 Å². The van der Waals surface area contributed by atoms with Crippen molar-refractivity contribution in [2.75, 3.05) is 7.11 Å². The van der Waals surface area contributed by atoms with Crippen LogP contribution in [0, 0.1) is 0 Å². The monoisotopic (exact) mass is 221 g/mol. The van der Waals surface area contributed by atoms with Crippen molar-refractivity contribution in [3.63, 3.8) is 0 Å². The molecule has 1 N–H and O–H groups in total. The summed E-state index contributed by atoms with van der Waals surface area (Å²) in [7, 11) is 1.25. The summed E-state index contributed by atoms with van der Waals surface area (Å²) in [4.78, 5) is 25.8. The Hall–Kier alpha value is -2.44. The predicted octanol–water partition coefficient (Wildman–Crippen LogP) is 0.214. The largest absolute Gasteiger partial charge is 0.477 e. The van der Waals surface area contributed by atoms with Gasteiger partial charge < -0.3 is 9.84 Å². The van der Waals surface area contributed by atoms with E-state index in [4.69, 9.17) is 5.11 Å². The van der Waals surface area contributed by atoms with Gasteiger partial charge in [-0.15, -0.1) is 0 Å². The standard InChI is InChI=1S/C9H7N3O4/c1-16-9(15)5-2-10-7-6(8(13)14)3-11-12(7)4-5/h2-4H,1H3,(H,13,14). The van der Waals surface area contributed by atoms with Crippen LogP contribution in [0.3, 0.4) is 0 Å². The molecule has 0 spiro atoms. The number of carbonyl (C=O) groups is 2. The Kier molecular flexibility index (Phi) is 2.28. The molecule has 0 amide bonds. The highest BCUT2D eigenvalue weighted by Gasteiger charge is 2.14. The van der Waals surface area contributed by atoms with Crippen LogP contribution in [0.1, 0.15) is 20.7 Å². The van der Waals surface area contributed by atoms with Gasteiger partial charge in [-0.05, 0) is 0 Å². The van der Waals surface area contributed by atoms with E-state index in [0.29, 0.717) is 0 Å². The van der Waals surface area contributed by atoms with Gasteiger partial charge in [0.25, 0.3) is 0 Å². The fourth-order valence-electron chi connectivity index (χ4n) is 1.25. The van der Waals surface area contributed by atoms with Crippen molar-refractivity contribution in [3.8, 4) is 0 Å². The second-order valence-corrected chi connectivity index (χ2v) is 2.97. The SMILES string of the molecule is COC(=O)c1cnc2c(C(=O)O)cnn2c1. The molecule has 0 aliphatic rings. The molecule has 2 aromatic heterocycles. The summed E-state index contributed by atoms with van der Waals surface area (Å²) in [5.74, 6) is -1.67. The van der Waals surface area contributed by atoms with Gasteiger partial charge in [0.2, 0.25) is 0 Å². The van der Waals surface area contributed by atoms with E-state index in [1.165, 1.54) is 30.2 Å². The summed E-state index contributed by atoms with van der Waals surface area (Å²) >= 11 is 0. The zero-order valence-corrected chi connectivity index (χ0v) is 8.25. The first kappa shape index (κ1) is 10.1. The van der Waals surface area contributed by atoms with Crippen LogP contribution in [-0.4, -0.2) is 38.8 Å². The third-order valence-electron chi connectivity index (χ3n) is 2.01. The van der Waals surface area contributed by atoms with Gasteiger partial charge in [0.1, 0.15) is 5.56 Å². The number of fused-ring (bicyclic) bond motifs is 1. The van der Waals surface area contributed by atoms with E-state index in [9.17, 15) is 9.59 Å². The molecule has 2 rings (SSSR count). The normalized spacial score (nSPS) is 10.3. The Labute approximate surface area is 89.3 Å². The topological polar surface area (TPSA) is 93.8 Å². The average Bonchev–Trinajstić information content (AvgIpc) is 2.70. The van der Waals surface area contributed by atoms with E-state index in [2.05, 4.69) is 14.8 Å². The molecule has 0 aliphatic heterocycles. The molecule has 7 heteroatoms. The van der Waals surface area contributed by atoms with Gasteiger partial charge in [-0.25, -0.2) is 19.1 Å². The number of carboxylic acid groups (broad SMARTS) is 1. The quantitative estimate of drug-likeness (QED) is 0.728. The van der Waals surface area contributed by atoms with Crippen LogP contribution in [0.5, 0.6) is 0 Å². The molecule has 0 saturated heterocycles. The maximum absolute atomic E-state index is 11.2. The lowest BCUT2D eigenvalue weighted by Gasteiger charge is -1.99. The Balaban J connectivity index is 2.57.